The Balaban J connectivity index is 2.01. The Morgan fingerprint density at radius 3 is 2.37 bits per heavy atom. The van der Waals surface area contributed by atoms with Crippen LogP contribution >= 0.6 is 0 Å². The van der Waals surface area contributed by atoms with Crippen molar-refractivity contribution >= 4 is 5.91 Å². The van der Waals surface area contributed by atoms with Crippen LogP contribution in [0.1, 0.15) is 49.4 Å². The molecular formula is C15H21NO3. The zero-order valence-electron chi connectivity index (χ0n) is 11.3. The molecule has 0 atom stereocenters. The molecule has 104 valence electrons. The smallest absolute Gasteiger partial charge is 0.258 e. The molecule has 1 aliphatic rings. The predicted molar refractivity (Wildman–Crippen MR) is 73.3 cm³/mol. The zero-order valence-corrected chi connectivity index (χ0v) is 11.3. The number of phenols is 2. The van der Waals surface area contributed by atoms with Crippen LogP contribution in [0, 0.1) is 5.41 Å². The van der Waals surface area contributed by atoms with E-state index in [0.717, 1.165) is 12.8 Å². The van der Waals surface area contributed by atoms with Crippen molar-refractivity contribution < 1.29 is 15.0 Å². The normalized spacial score (nSPS) is 17.9. The number of carbonyl (C=O) groups excluding carboxylic acids is 1. The second kappa shape index (κ2) is 5.51. The largest absolute Gasteiger partial charge is 0.507 e. The zero-order chi connectivity index (χ0) is 13.9. The van der Waals surface area contributed by atoms with Gasteiger partial charge in [0.05, 0.1) is 0 Å². The van der Waals surface area contributed by atoms with E-state index in [1.807, 2.05) is 0 Å². The molecule has 1 saturated carbocycles. The Hall–Kier alpha value is -1.71. The molecule has 1 aromatic rings. The number of benzene rings is 1. The van der Waals surface area contributed by atoms with Gasteiger partial charge in [0, 0.05) is 6.54 Å². The van der Waals surface area contributed by atoms with E-state index in [-0.39, 0.29) is 22.5 Å². The van der Waals surface area contributed by atoms with Gasteiger partial charge in [-0.15, -0.1) is 0 Å². The second-order valence-corrected chi connectivity index (χ2v) is 5.73. The molecule has 1 aliphatic carbocycles. The first kappa shape index (κ1) is 13.7. The minimum absolute atomic E-state index is 0.0399. The number of hydrogen-bond donors (Lipinski definition) is 3. The van der Waals surface area contributed by atoms with Gasteiger partial charge < -0.3 is 15.5 Å². The van der Waals surface area contributed by atoms with Gasteiger partial charge in [0.15, 0.2) is 0 Å². The highest BCUT2D eigenvalue weighted by Crippen LogP contribution is 2.35. The lowest BCUT2D eigenvalue weighted by atomic mass is 9.76. The molecule has 0 unspecified atom stereocenters. The van der Waals surface area contributed by atoms with Gasteiger partial charge in [0.25, 0.3) is 5.91 Å². The Kier molecular flexibility index (Phi) is 3.98. The molecule has 4 heteroatoms. The molecule has 4 nitrogen and oxygen atoms in total. The van der Waals surface area contributed by atoms with Crippen molar-refractivity contribution in [2.24, 2.45) is 5.41 Å². The molecule has 1 amide bonds. The van der Waals surface area contributed by atoms with Crippen LogP contribution in [0.15, 0.2) is 18.2 Å². The predicted octanol–water partition coefficient (Wildman–Crippen LogP) is 2.80. The van der Waals surface area contributed by atoms with Crippen molar-refractivity contribution in [2.45, 2.75) is 39.0 Å². The van der Waals surface area contributed by atoms with E-state index >= 15 is 0 Å². The van der Waals surface area contributed by atoms with Gasteiger partial charge in [0.1, 0.15) is 17.1 Å². The first-order chi connectivity index (χ1) is 9.02. The van der Waals surface area contributed by atoms with Crippen LogP contribution in [-0.2, 0) is 0 Å². The van der Waals surface area contributed by atoms with Crippen molar-refractivity contribution in [3.05, 3.63) is 23.8 Å². The highest BCUT2D eigenvalue weighted by molar-refractivity contribution is 5.99. The number of rotatable bonds is 3. The number of amides is 1. The molecule has 0 radical (unpaired) electrons. The maximum Gasteiger partial charge on any atom is 0.258 e. The molecule has 0 aliphatic heterocycles. The summed E-state index contributed by atoms with van der Waals surface area (Å²) < 4.78 is 0. The summed E-state index contributed by atoms with van der Waals surface area (Å²) in [5.41, 5.74) is 0.0930. The van der Waals surface area contributed by atoms with Crippen LogP contribution in [0.5, 0.6) is 11.5 Å². The maximum atomic E-state index is 12.0. The molecule has 0 spiro atoms. The number of hydrogen-bond acceptors (Lipinski definition) is 3. The van der Waals surface area contributed by atoms with Crippen LogP contribution < -0.4 is 5.32 Å². The molecule has 3 N–H and O–H groups in total. The van der Waals surface area contributed by atoms with Gasteiger partial charge in [-0.3, -0.25) is 4.79 Å². The first-order valence-electron chi connectivity index (χ1n) is 6.81. The van der Waals surface area contributed by atoms with Crippen LogP contribution in [-0.4, -0.2) is 22.7 Å². The van der Waals surface area contributed by atoms with E-state index < -0.39 is 5.91 Å². The van der Waals surface area contributed by atoms with Crippen LogP contribution in [0.3, 0.4) is 0 Å². The van der Waals surface area contributed by atoms with E-state index in [1.165, 1.54) is 37.5 Å². The Morgan fingerprint density at radius 2 is 1.79 bits per heavy atom. The average Bonchev–Trinajstić information content (AvgIpc) is 2.37. The van der Waals surface area contributed by atoms with E-state index in [9.17, 15) is 15.0 Å². The third-order valence-electron chi connectivity index (χ3n) is 3.98. The number of aromatic hydroxyl groups is 2. The standard InChI is InChI=1S/C15H21NO3/c1-15(8-3-2-4-9-15)10-16-14(19)13-11(17)6-5-7-12(13)18/h5-7,17-18H,2-4,8-10H2,1H3,(H,16,19). The third kappa shape index (κ3) is 3.19. The van der Waals surface area contributed by atoms with Gasteiger partial charge in [-0.2, -0.15) is 0 Å². The van der Waals surface area contributed by atoms with Gasteiger partial charge >= 0.3 is 0 Å². The lowest BCUT2D eigenvalue weighted by Crippen LogP contribution is -2.37. The lowest BCUT2D eigenvalue weighted by Gasteiger charge is -2.33. The van der Waals surface area contributed by atoms with Crippen LogP contribution in [0.2, 0.25) is 0 Å². The van der Waals surface area contributed by atoms with Crippen molar-refractivity contribution in [2.75, 3.05) is 6.54 Å². The molecule has 1 aromatic carbocycles. The van der Waals surface area contributed by atoms with E-state index in [1.54, 1.807) is 0 Å². The molecule has 19 heavy (non-hydrogen) atoms. The molecule has 0 bridgehead atoms. The van der Waals surface area contributed by atoms with Crippen LogP contribution in [0.25, 0.3) is 0 Å². The van der Waals surface area contributed by atoms with E-state index in [0.29, 0.717) is 6.54 Å². The fourth-order valence-electron chi connectivity index (χ4n) is 2.73. The SMILES string of the molecule is CC1(CNC(=O)c2c(O)cccc2O)CCCCC1. The summed E-state index contributed by atoms with van der Waals surface area (Å²) in [6, 6.07) is 4.30. The van der Waals surface area contributed by atoms with Gasteiger partial charge in [0.2, 0.25) is 0 Å². The number of carbonyl (C=O) groups is 1. The summed E-state index contributed by atoms with van der Waals surface area (Å²) in [6.45, 7) is 2.76. The minimum atomic E-state index is -0.414. The summed E-state index contributed by atoms with van der Waals surface area (Å²) in [5.74, 6) is -0.792. The molecule has 0 aromatic heterocycles. The Bertz CT molecular complexity index is 444. The minimum Gasteiger partial charge on any atom is -0.507 e. The van der Waals surface area contributed by atoms with Crippen molar-refractivity contribution in [3.8, 4) is 11.5 Å². The summed E-state index contributed by atoms with van der Waals surface area (Å²) in [4.78, 5) is 12.0. The topological polar surface area (TPSA) is 69.6 Å². The Labute approximate surface area is 113 Å². The van der Waals surface area contributed by atoms with Gasteiger partial charge in [-0.05, 0) is 30.4 Å². The molecular weight excluding hydrogens is 242 g/mol. The fraction of sp³-hybridized carbons (Fsp3) is 0.533. The van der Waals surface area contributed by atoms with E-state index in [2.05, 4.69) is 12.2 Å². The van der Waals surface area contributed by atoms with Crippen molar-refractivity contribution in [1.82, 2.24) is 5.32 Å². The van der Waals surface area contributed by atoms with Crippen LogP contribution in [0.4, 0.5) is 0 Å². The molecule has 1 fully saturated rings. The highest BCUT2D eigenvalue weighted by Gasteiger charge is 2.28. The summed E-state index contributed by atoms with van der Waals surface area (Å²) in [5, 5.41) is 22.1. The monoisotopic (exact) mass is 263 g/mol. The molecule has 2 rings (SSSR count). The molecule has 0 saturated heterocycles. The second-order valence-electron chi connectivity index (χ2n) is 5.73. The third-order valence-corrected chi connectivity index (χ3v) is 3.98. The van der Waals surface area contributed by atoms with Gasteiger partial charge in [-0.1, -0.05) is 32.3 Å². The summed E-state index contributed by atoms with van der Waals surface area (Å²) >= 11 is 0. The van der Waals surface area contributed by atoms with Gasteiger partial charge in [-0.25, -0.2) is 0 Å². The molecule has 0 heterocycles. The highest BCUT2D eigenvalue weighted by atomic mass is 16.3. The van der Waals surface area contributed by atoms with Crippen molar-refractivity contribution in [1.29, 1.82) is 0 Å². The quantitative estimate of drug-likeness (QED) is 0.785. The summed E-state index contributed by atoms with van der Waals surface area (Å²) in [6.07, 6.45) is 5.90. The first-order valence-corrected chi connectivity index (χ1v) is 6.81. The number of phenolic OH excluding ortho intramolecular Hbond substituents is 2. The fourth-order valence-corrected chi connectivity index (χ4v) is 2.73. The average molecular weight is 263 g/mol. The van der Waals surface area contributed by atoms with E-state index in [4.69, 9.17) is 0 Å². The summed E-state index contributed by atoms with van der Waals surface area (Å²) in [7, 11) is 0. The maximum absolute atomic E-state index is 12.0. The van der Waals surface area contributed by atoms with Crippen molar-refractivity contribution in [3.63, 3.8) is 0 Å². The number of nitrogens with one attached hydrogen (secondary N) is 1. The Morgan fingerprint density at radius 1 is 1.21 bits per heavy atom. The lowest BCUT2D eigenvalue weighted by molar-refractivity contribution is 0.0913.